The summed E-state index contributed by atoms with van der Waals surface area (Å²) in [5, 5.41) is 54.0. The smallest absolute Gasteiger partial charge is 0.444 e. The summed E-state index contributed by atoms with van der Waals surface area (Å²) in [6.45, 7) is 17.0. The van der Waals surface area contributed by atoms with Crippen molar-refractivity contribution in [3.63, 3.8) is 0 Å². The molecule has 2 amide bonds. The van der Waals surface area contributed by atoms with Gasteiger partial charge in [0.1, 0.15) is 50.1 Å². The van der Waals surface area contributed by atoms with Gasteiger partial charge in [-0.2, -0.15) is 15.8 Å². The van der Waals surface area contributed by atoms with Gasteiger partial charge >= 0.3 is 19.3 Å². The average Bonchev–Trinajstić information content (AvgIpc) is 1.76. The molecule has 0 spiro atoms. The fraction of sp³-hybridized carbons (Fsp3) is 0.367. The number of sulfonamides is 3. The second kappa shape index (κ2) is 31.7. The molecule has 6 heterocycles. The summed E-state index contributed by atoms with van der Waals surface area (Å²) in [5.41, 5.74) is 3.95. The highest BCUT2D eigenvalue weighted by molar-refractivity contribution is 9.10. The number of hydrogen-bond acceptors (Lipinski definition) is 22. The van der Waals surface area contributed by atoms with Crippen molar-refractivity contribution in [3.05, 3.63) is 142 Å². The van der Waals surface area contributed by atoms with Gasteiger partial charge in [0.05, 0.1) is 52.2 Å². The van der Waals surface area contributed by atoms with Gasteiger partial charge < -0.3 is 25.3 Å². The largest absolute Gasteiger partial charge is 0.488 e. The van der Waals surface area contributed by atoms with Crippen LogP contribution in [0.3, 0.4) is 0 Å². The quantitative estimate of drug-likeness (QED) is 0.0764. The number of nitriles is 3. The van der Waals surface area contributed by atoms with Gasteiger partial charge in [0.25, 0.3) is 0 Å². The maximum atomic E-state index is 13.9. The Kier molecular flexibility index (Phi) is 26.2. The minimum Gasteiger partial charge on any atom is -0.444 e. The third kappa shape index (κ3) is 22.3. The van der Waals surface area contributed by atoms with Gasteiger partial charge in [-0.3, -0.25) is 10.6 Å². The second-order valence-electron chi connectivity index (χ2n) is 24.1. The van der Waals surface area contributed by atoms with Gasteiger partial charge in [-0.25, -0.2) is 75.9 Å². The fourth-order valence-corrected chi connectivity index (χ4v) is 17.0. The van der Waals surface area contributed by atoms with E-state index < -0.39 is 94.6 Å². The molecule has 520 valence electrons. The number of rotatable bonds is 6. The lowest BCUT2D eigenvalue weighted by Crippen LogP contribution is -2.53. The lowest BCUT2D eigenvalue weighted by Gasteiger charge is -2.35. The number of amides is 2. The number of hydrogen-bond donors (Lipinski definition) is 5. The molecule has 3 atom stereocenters. The molecule has 6 N–H and O–H groups in total. The van der Waals surface area contributed by atoms with Crippen molar-refractivity contribution in [2.75, 3.05) is 38.4 Å². The Bertz CT molecular complexity index is 4530. The van der Waals surface area contributed by atoms with E-state index in [0.29, 0.717) is 32.0 Å². The predicted octanol–water partition coefficient (Wildman–Crippen LogP) is 10.1. The molecular formula is C60H67BBrCl2F3N12O12S6. The second-order valence-corrected chi connectivity index (χ2v) is 35.3. The SMILES string of the molecule is CC(Cl)Cl.CN1C(N)=N[C@](C)(c2cc(-c3cc(F)cc(C#N)c3)cs2)CS1(=O)=O.CN1C(NC(=O)OC(C)(C)C)=N[C@](C)(c2cc(-c3cc(F)cc(C#N)c3)cs2)CS1(=O)=O.CN1C(NC(=O)OC(C)(C)C)=N[C@](C)(c2cc(Br)cs2)CS1(=O)=O.N#Cc1cc(F)cc(B(O)O)c1. The Morgan fingerprint density at radius 2 is 0.928 bits per heavy atom. The standard InChI is InChI=1S/C21H23FN4O4S2.C16H15FN4O2S2.C14H20BrN3O4S2.C7H5BFNO2.C2H4Cl2/c1-20(2,3)30-19(27)24-18-25-21(4,12-32(28,29)26(18)5)17-9-15(11-31-17)14-6-13(10-23)7-16(22)8-14;1-16(9-25(22,23)21(2)15(19)20-16)14-6-12(8-24-14)11-3-10(7-18)4-13(17)5-11;1-13(2,3)22-12(19)16-11-17-14(4,8-24(20,21)18(11)5)10-6-9(15)7-23-10;9-7-2-5(4-10)1-6(3-7)8(11)12;1-2(3)4/h6-9,11H,12H2,1-5H3,(H,24,25,27);3-6,8H,9H2,1-2H3,(H2,19,20);6-7H,8H2,1-5H3,(H,16,17,19);1-3,11-12H;2H,1H3/t21-;16-;14-;;/m000../s1. The van der Waals surface area contributed by atoms with Crippen LogP contribution in [0.15, 0.2) is 108 Å². The zero-order valence-corrected chi connectivity index (χ0v) is 62.2. The fourth-order valence-electron chi connectivity index (χ4n) is 8.78. The Balaban J connectivity index is 0.000000238. The van der Waals surface area contributed by atoms with Crippen LogP contribution in [-0.4, -0.2) is 140 Å². The van der Waals surface area contributed by atoms with Crippen molar-refractivity contribution in [1.29, 1.82) is 15.8 Å². The Hall–Kier alpha value is -7.34. The third-order valence-corrected chi connectivity index (χ3v) is 23.4. The van der Waals surface area contributed by atoms with Gasteiger partial charge in [-0.05, 0) is 196 Å². The summed E-state index contributed by atoms with van der Waals surface area (Å²) in [4.78, 5) is 39.4. The van der Waals surface area contributed by atoms with Crippen molar-refractivity contribution in [2.45, 2.75) is 102 Å². The van der Waals surface area contributed by atoms with E-state index in [-0.39, 0.29) is 62.1 Å². The van der Waals surface area contributed by atoms with Crippen LogP contribution >= 0.6 is 73.1 Å². The molecule has 3 aromatic carbocycles. The van der Waals surface area contributed by atoms with Crippen LogP contribution in [0, 0.1) is 51.4 Å². The minimum absolute atomic E-state index is 0.0217. The zero-order chi connectivity index (χ0) is 73.4. The number of alkyl halides is 2. The Labute approximate surface area is 591 Å². The highest BCUT2D eigenvalue weighted by atomic mass is 79.9. The molecule has 3 aromatic heterocycles. The van der Waals surface area contributed by atoms with Crippen LogP contribution in [0.25, 0.3) is 22.3 Å². The topological polar surface area (TPSA) is 364 Å². The molecule has 0 radical (unpaired) electrons. The molecule has 0 bridgehead atoms. The number of carbonyl (C=O) groups excluding carboxylic acids is 2. The van der Waals surface area contributed by atoms with E-state index in [4.69, 9.17) is 64.2 Å². The number of nitrogens with zero attached hydrogens (tertiary/aromatic N) is 9. The highest BCUT2D eigenvalue weighted by Gasteiger charge is 2.45. The van der Waals surface area contributed by atoms with Crippen molar-refractivity contribution in [1.82, 2.24) is 23.5 Å². The summed E-state index contributed by atoms with van der Waals surface area (Å²) >= 11 is 17.4. The lowest BCUT2D eigenvalue weighted by molar-refractivity contribution is 0.0546. The van der Waals surface area contributed by atoms with E-state index in [0.717, 1.165) is 46.5 Å². The van der Waals surface area contributed by atoms with Crippen LogP contribution in [0.5, 0.6) is 0 Å². The highest BCUT2D eigenvalue weighted by Crippen LogP contribution is 2.41. The number of ether oxygens (including phenoxy) is 2. The van der Waals surface area contributed by atoms with E-state index in [1.54, 1.807) is 110 Å². The number of nitrogens with two attached hydrogens (primary N) is 1. The van der Waals surface area contributed by atoms with Crippen molar-refractivity contribution < 1.29 is 67.5 Å². The van der Waals surface area contributed by atoms with Crippen LogP contribution in [0.2, 0.25) is 0 Å². The molecule has 9 rings (SSSR count). The van der Waals surface area contributed by atoms with E-state index in [2.05, 4.69) is 41.5 Å². The van der Waals surface area contributed by atoms with E-state index >= 15 is 0 Å². The molecule has 0 fully saturated rings. The molecule has 3 aliphatic heterocycles. The Morgan fingerprint density at radius 1 is 0.598 bits per heavy atom. The van der Waals surface area contributed by atoms with Gasteiger partial charge in [0.15, 0.2) is 0 Å². The van der Waals surface area contributed by atoms with Crippen molar-refractivity contribution >= 4 is 146 Å². The minimum atomic E-state index is -3.79. The number of halogens is 6. The predicted molar refractivity (Wildman–Crippen MR) is 375 cm³/mol. The third-order valence-electron chi connectivity index (χ3n) is 13.3. The van der Waals surface area contributed by atoms with Crippen molar-refractivity contribution in [2.24, 2.45) is 20.7 Å². The molecule has 0 aliphatic carbocycles. The van der Waals surface area contributed by atoms with E-state index in [1.807, 2.05) is 23.6 Å². The molecule has 3 aliphatic rings. The zero-order valence-electron chi connectivity index (χ0n) is 54.2. The number of alkyl carbamates (subject to hydrolysis) is 2. The first-order chi connectivity index (χ1) is 44.5. The number of guanidine groups is 3. The van der Waals surface area contributed by atoms with Crippen LogP contribution in [0.4, 0.5) is 22.8 Å². The summed E-state index contributed by atoms with van der Waals surface area (Å²) < 4.78 is 129. The molecule has 0 saturated heterocycles. The Morgan fingerprint density at radius 3 is 1.26 bits per heavy atom. The summed E-state index contributed by atoms with van der Waals surface area (Å²) in [5.74, 6) is -2.67. The first-order valence-electron chi connectivity index (χ1n) is 28.2. The molecule has 0 saturated carbocycles. The number of carbonyl (C=O) groups is 2. The number of nitrogens with one attached hydrogen (secondary N) is 2. The molecule has 97 heavy (non-hydrogen) atoms. The first-order valence-corrected chi connectivity index (χ1v) is 37.3. The molecule has 24 nitrogen and oxygen atoms in total. The summed E-state index contributed by atoms with van der Waals surface area (Å²) in [6.07, 6.45) is -1.57. The van der Waals surface area contributed by atoms with Crippen LogP contribution < -0.4 is 21.8 Å². The monoisotopic (exact) mass is 1560 g/mol. The summed E-state index contributed by atoms with van der Waals surface area (Å²) in [7, 11) is -8.69. The van der Waals surface area contributed by atoms with Crippen molar-refractivity contribution in [3.8, 4) is 40.5 Å². The average molecular weight is 1560 g/mol. The van der Waals surface area contributed by atoms with E-state index in [9.17, 15) is 48.0 Å². The van der Waals surface area contributed by atoms with Gasteiger partial charge in [-0.15, -0.1) is 57.2 Å². The van der Waals surface area contributed by atoms with Gasteiger partial charge in [0.2, 0.25) is 47.9 Å². The van der Waals surface area contributed by atoms with Crippen LogP contribution in [0.1, 0.15) is 101 Å². The maximum absolute atomic E-state index is 13.9. The maximum Gasteiger partial charge on any atom is 0.488 e. The van der Waals surface area contributed by atoms with Gasteiger partial charge in [-0.1, -0.05) is 0 Å². The van der Waals surface area contributed by atoms with Gasteiger partial charge in [0, 0.05) is 45.6 Å². The molecule has 37 heteroatoms. The summed E-state index contributed by atoms with van der Waals surface area (Å²) in [6, 6.07) is 22.1. The molecule has 0 unspecified atom stereocenters. The number of benzene rings is 3. The van der Waals surface area contributed by atoms with E-state index in [1.165, 1.54) is 73.4 Å². The molecular weight excluding hydrogens is 1490 g/mol. The lowest BCUT2D eigenvalue weighted by atomic mass is 9.79. The first kappa shape index (κ1) is 80.3. The number of thiophene rings is 3. The number of aliphatic imine (C=N–C) groups is 3. The molecule has 6 aromatic rings. The normalized spacial score (nSPS) is 19.8. The van der Waals surface area contributed by atoms with Crippen LogP contribution in [-0.2, 0) is 56.2 Å².